The van der Waals surface area contributed by atoms with Crippen LogP contribution in [0.5, 0.6) is 11.5 Å². The van der Waals surface area contributed by atoms with Crippen molar-refractivity contribution in [2.24, 2.45) is 17.8 Å². The van der Waals surface area contributed by atoms with Crippen LogP contribution in [0.4, 0.5) is 5.69 Å². The summed E-state index contributed by atoms with van der Waals surface area (Å²) in [5.74, 6) is 2.32. The second-order valence-electron chi connectivity index (χ2n) is 15.6. The highest BCUT2D eigenvalue weighted by atomic mass is 35.5. The number of rotatable bonds is 10. The Morgan fingerprint density at radius 3 is 2.41 bits per heavy atom. The first-order valence-corrected chi connectivity index (χ1v) is 20.0. The van der Waals surface area contributed by atoms with E-state index in [4.69, 9.17) is 37.4 Å². The van der Waals surface area contributed by atoms with Crippen LogP contribution in [0.2, 0.25) is 10.0 Å². The van der Waals surface area contributed by atoms with Gasteiger partial charge in [0, 0.05) is 25.2 Å². The first kappa shape index (κ1) is 38.2. The highest BCUT2D eigenvalue weighted by Crippen LogP contribution is 2.44. The fraction of sp³-hybridized carbons (Fsp3) is 0.422. The minimum Gasteiger partial charge on any atom is -0.489 e. The van der Waals surface area contributed by atoms with Gasteiger partial charge in [0.05, 0.1) is 15.7 Å². The molecule has 4 aromatic rings. The molecule has 0 N–H and O–H groups in total. The van der Waals surface area contributed by atoms with Gasteiger partial charge in [0.1, 0.15) is 30.3 Å². The molecule has 1 fully saturated rings. The Balaban J connectivity index is 1.14. The predicted molar refractivity (Wildman–Crippen MR) is 214 cm³/mol. The van der Waals surface area contributed by atoms with Gasteiger partial charge in [-0.15, -0.1) is 0 Å². The van der Waals surface area contributed by atoms with Crippen LogP contribution in [0.15, 0.2) is 84.9 Å². The van der Waals surface area contributed by atoms with Gasteiger partial charge in [0.2, 0.25) is 6.10 Å². The number of hydrogen-bond donors (Lipinski definition) is 0. The van der Waals surface area contributed by atoms with E-state index in [9.17, 15) is 9.59 Å². The summed E-state index contributed by atoms with van der Waals surface area (Å²) < 4.78 is 19.0. The highest BCUT2D eigenvalue weighted by Gasteiger charge is 2.42. The Morgan fingerprint density at radius 2 is 1.70 bits per heavy atom. The molecule has 7 rings (SSSR count). The molecule has 0 aromatic heterocycles. The Hall–Kier alpha value is -4.04. The molecule has 0 bridgehead atoms. The second-order valence-corrected chi connectivity index (χ2v) is 16.4. The van der Waals surface area contributed by atoms with Crippen molar-refractivity contribution in [2.45, 2.75) is 97.2 Å². The van der Waals surface area contributed by atoms with Gasteiger partial charge < -0.3 is 19.1 Å². The van der Waals surface area contributed by atoms with Crippen LogP contribution in [0.3, 0.4) is 0 Å². The molecule has 3 aliphatic rings. The van der Waals surface area contributed by atoms with E-state index in [0.717, 1.165) is 41.5 Å². The topological polar surface area (TPSA) is 68.3 Å². The van der Waals surface area contributed by atoms with E-state index in [-0.39, 0.29) is 24.0 Å². The smallest absolute Gasteiger partial charge is 0.324 e. The molecule has 2 heterocycles. The Kier molecular flexibility index (Phi) is 11.6. The van der Waals surface area contributed by atoms with Crippen molar-refractivity contribution >= 4 is 40.8 Å². The maximum Gasteiger partial charge on any atom is 0.324 e. The molecule has 1 unspecified atom stereocenters. The summed E-state index contributed by atoms with van der Waals surface area (Å²) in [6.45, 7) is 9.81. The van der Waals surface area contributed by atoms with E-state index in [2.05, 4.69) is 62.9 Å². The van der Waals surface area contributed by atoms with Gasteiger partial charge in [-0.25, -0.2) is 0 Å². The zero-order chi connectivity index (χ0) is 38.1. The van der Waals surface area contributed by atoms with Crippen molar-refractivity contribution in [3.63, 3.8) is 0 Å². The largest absolute Gasteiger partial charge is 0.489 e. The lowest BCUT2D eigenvalue weighted by atomic mass is 9.75. The van der Waals surface area contributed by atoms with Crippen LogP contribution in [-0.2, 0) is 33.9 Å². The molecule has 1 amide bonds. The standard InChI is InChI=1S/C45H50Cl2N2O5/c1-6-38(30-10-8-7-9-11-30)49-25-33-24-42-39(22-32(33)23-40(49)45(51)54-41-20-28(4)12-18-35(41)27(2)3)48(5)44(50)43(53-42)31-14-16-34(17-15-31)52-26-29-13-19-36(46)37(47)21-29/h7-11,13-17,19,21-22,24,27-28,35,38,40-41,43H,6,12,18,20,23,25-26H2,1-5H3/t28-,35+,38+,40?,41-,43-/m1/s1. The summed E-state index contributed by atoms with van der Waals surface area (Å²) in [7, 11) is 1.79. The van der Waals surface area contributed by atoms with Crippen molar-refractivity contribution in [3.05, 3.63) is 123 Å². The summed E-state index contributed by atoms with van der Waals surface area (Å²) in [5, 5.41) is 0.976. The summed E-state index contributed by atoms with van der Waals surface area (Å²) in [5.41, 5.74) is 5.64. The minimum absolute atomic E-state index is 0.0226. The van der Waals surface area contributed by atoms with E-state index in [1.165, 1.54) is 12.0 Å². The molecule has 54 heavy (non-hydrogen) atoms. The number of carbonyl (C=O) groups excluding carboxylic acids is 2. The second kappa shape index (κ2) is 16.4. The van der Waals surface area contributed by atoms with Crippen molar-refractivity contribution in [1.29, 1.82) is 0 Å². The Bertz CT molecular complexity index is 1970. The zero-order valence-corrected chi connectivity index (χ0v) is 33.3. The highest BCUT2D eigenvalue weighted by molar-refractivity contribution is 6.42. The number of fused-ring (bicyclic) bond motifs is 2. The van der Waals surface area contributed by atoms with E-state index in [1.807, 2.05) is 42.5 Å². The van der Waals surface area contributed by atoms with Gasteiger partial charge in [-0.05, 0) is 102 Å². The van der Waals surface area contributed by atoms with E-state index < -0.39 is 12.1 Å². The fourth-order valence-electron chi connectivity index (χ4n) is 8.56. The lowest BCUT2D eigenvalue weighted by Crippen LogP contribution is -2.50. The number of ether oxygens (including phenoxy) is 3. The lowest BCUT2D eigenvalue weighted by molar-refractivity contribution is -0.164. The van der Waals surface area contributed by atoms with Crippen molar-refractivity contribution in [1.82, 2.24) is 4.90 Å². The quantitative estimate of drug-likeness (QED) is 0.150. The lowest BCUT2D eigenvalue weighted by Gasteiger charge is -2.43. The molecule has 7 nitrogen and oxygen atoms in total. The SMILES string of the molecule is CC[C@@H](c1ccccc1)N1Cc2cc3c(cc2CC1C(=O)O[C@@H]1C[C@H](C)CC[C@H]1C(C)C)N(C)C(=O)[C@@H](c1ccc(OCc2ccc(Cl)c(Cl)c2)cc1)O3. The normalized spacial score (nSPS) is 23.3. The molecule has 9 heteroatoms. The molecule has 1 saturated carbocycles. The molecule has 0 radical (unpaired) electrons. The number of nitrogens with zero attached hydrogens (tertiary/aromatic N) is 2. The van der Waals surface area contributed by atoms with Crippen LogP contribution in [0.1, 0.15) is 93.3 Å². The van der Waals surface area contributed by atoms with Crippen molar-refractivity contribution in [3.8, 4) is 11.5 Å². The summed E-state index contributed by atoms with van der Waals surface area (Å²) in [4.78, 5) is 32.2. The van der Waals surface area contributed by atoms with Gasteiger partial charge in [0.15, 0.2) is 0 Å². The van der Waals surface area contributed by atoms with E-state index in [1.54, 1.807) is 24.1 Å². The number of carbonyl (C=O) groups is 2. The number of likely N-dealkylation sites (N-methyl/N-ethyl adjacent to an activating group) is 1. The predicted octanol–water partition coefficient (Wildman–Crippen LogP) is 10.6. The average molecular weight is 770 g/mol. The average Bonchev–Trinajstić information content (AvgIpc) is 3.16. The number of hydrogen-bond acceptors (Lipinski definition) is 6. The number of benzene rings is 4. The van der Waals surface area contributed by atoms with E-state index in [0.29, 0.717) is 64.6 Å². The van der Waals surface area contributed by atoms with Crippen LogP contribution in [-0.4, -0.2) is 36.0 Å². The molecule has 284 valence electrons. The summed E-state index contributed by atoms with van der Waals surface area (Å²) in [6.07, 6.45) is 3.60. The maximum atomic E-state index is 14.4. The van der Waals surface area contributed by atoms with Crippen molar-refractivity contribution in [2.75, 3.05) is 11.9 Å². The van der Waals surface area contributed by atoms with Gasteiger partial charge in [-0.3, -0.25) is 14.5 Å². The number of amides is 1. The third kappa shape index (κ3) is 8.00. The Morgan fingerprint density at radius 1 is 0.944 bits per heavy atom. The summed E-state index contributed by atoms with van der Waals surface area (Å²) >= 11 is 12.2. The number of halogens is 2. The molecule has 1 aliphatic carbocycles. The van der Waals surface area contributed by atoms with Gasteiger partial charge >= 0.3 is 5.97 Å². The summed E-state index contributed by atoms with van der Waals surface area (Å²) in [6, 6.07) is 26.9. The third-order valence-corrected chi connectivity index (χ3v) is 12.4. The molecular weight excluding hydrogens is 719 g/mol. The number of anilines is 1. The molecule has 0 saturated heterocycles. The van der Waals surface area contributed by atoms with Crippen LogP contribution in [0.25, 0.3) is 0 Å². The van der Waals surface area contributed by atoms with E-state index >= 15 is 0 Å². The van der Waals surface area contributed by atoms with Crippen LogP contribution < -0.4 is 14.4 Å². The van der Waals surface area contributed by atoms with Crippen molar-refractivity contribution < 1.29 is 23.8 Å². The first-order valence-electron chi connectivity index (χ1n) is 19.3. The van der Waals surface area contributed by atoms with Gasteiger partial charge in [-0.1, -0.05) is 106 Å². The number of esters is 1. The minimum atomic E-state index is -0.813. The van der Waals surface area contributed by atoms with Gasteiger partial charge in [-0.2, -0.15) is 0 Å². The molecule has 6 atom stereocenters. The molecule has 2 aliphatic heterocycles. The first-order chi connectivity index (χ1) is 26.0. The van der Waals surface area contributed by atoms with Crippen LogP contribution >= 0.6 is 23.2 Å². The molecule has 0 spiro atoms. The molecular formula is C45H50Cl2N2O5. The monoisotopic (exact) mass is 768 g/mol. The molecule has 4 aromatic carbocycles. The zero-order valence-electron chi connectivity index (χ0n) is 31.8. The fourth-order valence-corrected chi connectivity index (χ4v) is 8.88. The maximum absolute atomic E-state index is 14.4. The third-order valence-electron chi connectivity index (χ3n) is 11.7. The Labute approximate surface area is 329 Å². The van der Waals surface area contributed by atoms with Crippen LogP contribution in [0, 0.1) is 17.8 Å². The van der Waals surface area contributed by atoms with Gasteiger partial charge in [0.25, 0.3) is 5.91 Å².